The third-order valence-electron chi connectivity index (χ3n) is 2.43. The van der Waals surface area contributed by atoms with Crippen molar-refractivity contribution in [2.45, 2.75) is 20.3 Å². The quantitative estimate of drug-likeness (QED) is 0.771. The van der Waals surface area contributed by atoms with Crippen molar-refractivity contribution in [1.29, 1.82) is 0 Å². The van der Waals surface area contributed by atoms with Gasteiger partial charge in [-0.25, -0.2) is 0 Å². The van der Waals surface area contributed by atoms with Crippen LogP contribution in [0.25, 0.3) is 0 Å². The van der Waals surface area contributed by atoms with E-state index in [1.165, 1.54) is 7.11 Å². The normalized spacial score (nSPS) is 10.3. The Morgan fingerprint density at radius 3 is 2.50 bits per heavy atom. The zero-order valence-electron chi connectivity index (χ0n) is 8.79. The molecule has 0 saturated carbocycles. The molecule has 0 radical (unpaired) electrons. The molecule has 2 N–H and O–H groups in total. The molecule has 3 heteroatoms. The maximum Gasteiger partial charge on any atom is 0.164 e. The van der Waals surface area contributed by atoms with Crippen molar-refractivity contribution in [1.82, 2.24) is 0 Å². The van der Waals surface area contributed by atoms with Gasteiger partial charge in [0.25, 0.3) is 0 Å². The average Bonchev–Trinajstić information content (AvgIpc) is 2.16. The lowest BCUT2D eigenvalue weighted by molar-refractivity contribution is 0.295. The second kappa shape index (κ2) is 4.33. The van der Waals surface area contributed by atoms with E-state index in [4.69, 9.17) is 9.84 Å². The standard InChI is InChI=1S/C11H16O3/c1-7-6-9(4-5-12)11(14-3)10(13)8(7)2/h6,12-13H,4-5H2,1-3H3. The number of benzene rings is 1. The molecule has 0 heterocycles. The van der Waals surface area contributed by atoms with E-state index in [1.54, 1.807) is 0 Å². The molecule has 0 atom stereocenters. The van der Waals surface area contributed by atoms with Gasteiger partial charge in [0.1, 0.15) is 0 Å². The SMILES string of the molecule is COc1c(CCO)cc(C)c(C)c1O. The van der Waals surface area contributed by atoms with Crippen molar-refractivity contribution in [3.63, 3.8) is 0 Å². The van der Waals surface area contributed by atoms with E-state index in [1.807, 2.05) is 19.9 Å². The van der Waals surface area contributed by atoms with Gasteiger partial charge in [0, 0.05) is 12.2 Å². The molecule has 1 rings (SSSR count). The molecular weight excluding hydrogens is 180 g/mol. The molecule has 3 nitrogen and oxygen atoms in total. The fourth-order valence-electron chi connectivity index (χ4n) is 1.48. The van der Waals surface area contributed by atoms with Crippen molar-refractivity contribution in [2.75, 3.05) is 13.7 Å². The molecule has 0 amide bonds. The van der Waals surface area contributed by atoms with Crippen LogP contribution < -0.4 is 4.74 Å². The molecule has 78 valence electrons. The predicted molar refractivity (Wildman–Crippen MR) is 54.9 cm³/mol. The maximum absolute atomic E-state index is 9.78. The van der Waals surface area contributed by atoms with Gasteiger partial charge in [-0.05, 0) is 31.4 Å². The predicted octanol–water partition coefficient (Wildman–Crippen LogP) is 1.55. The number of hydrogen-bond acceptors (Lipinski definition) is 3. The number of aryl methyl sites for hydroxylation is 1. The van der Waals surface area contributed by atoms with Gasteiger partial charge in [-0.2, -0.15) is 0 Å². The highest BCUT2D eigenvalue weighted by molar-refractivity contribution is 5.54. The van der Waals surface area contributed by atoms with Crippen LogP contribution in [0.15, 0.2) is 6.07 Å². The van der Waals surface area contributed by atoms with E-state index in [2.05, 4.69) is 0 Å². The van der Waals surface area contributed by atoms with Gasteiger partial charge < -0.3 is 14.9 Å². The van der Waals surface area contributed by atoms with Gasteiger partial charge in [-0.1, -0.05) is 6.07 Å². The fourth-order valence-corrected chi connectivity index (χ4v) is 1.48. The van der Waals surface area contributed by atoms with Gasteiger partial charge in [-0.15, -0.1) is 0 Å². The number of rotatable bonds is 3. The molecule has 1 aromatic carbocycles. The number of methoxy groups -OCH3 is 1. The van der Waals surface area contributed by atoms with Crippen LogP contribution in [0.1, 0.15) is 16.7 Å². The van der Waals surface area contributed by atoms with E-state index in [0.717, 1.165) is 16.7 Å². The lowest BCUT2D eigenvalue weighted by Crippen LogP contribution is -1.98. The monoisotopic (exact) mass is 196 g/mol. The van der Waals surface area contributed by atoms with Crippen molar-refractivity contribution in [3.8, 4) is 11.5 Å². The summed E-state index contributed by atoms with van der Waals surface area (Å²) in [7, 11) is 1.52. The van der Waals surface area contributed by atoms with E-state index in [9.17, 15) is 5.11 Å². The number of phenols is 1. The first-order valence-electron chi connectivity index (χ1n) is 4.58. The highest BCUT2D eigenvalue weighted by Crippen LogP contribution is 2.35. The Kier molecular flexibility index (Phi) is 3.36. The number of hydrogen-bond donors (Lipinski definition) is 2. The average molecular weight is 196 g/mol. The minimum atomic E-state index is 0.0539. The highest BCUT2D eigenvalue weighted by Gasteiger charge is 2.12. The van der Waals surface area contributed by atoms with Gasteiger partial charge in [0.2, 0.25) is 0 Å². The molecule has 0 fully saturated rings. The fraction of sp³-hybridized carbons (Fsp3) is 0.455. The Bertz CT molecular complexity index is 332. The lowest BCUT2D eigenvalue weighted by atomic mass is 10.0. The van der Waals surface area contributed by atoms with E-state index < -0.39 is 0 Å². The van der Waals surface area contributed by atoms with Crippen LogP contribution in [0.5, 0.6) is 11.5 Å². The molecular formula is C11H16O3. The summed E-state index contributed by atoms with van der Waals surface area (Å²) in [4.78, 5) is 0. The minimum absolute atomic E-state index is 0.0539. The third kappa shape index (κ3) is 1.82. The summed E-state index contributed by atoms with van der Waals surface area (Å²) in [5, 5.41) is 18.6. The largest absolute Gasteiger partial charge is 0.504 e. The smallest absolute Gasteiger partial charge is 0.164 e. The molecule has 0 aliphatic heterocycles. The molecule has 0 aliphatic carbocycles. The van der Waals surface area contributed by atoms with E-state index >= 15 is 0 Å². The van der Waals surface area contributed by atoms with Crippen molar-refractivity contribution < 1.29 is 14.9 Å². The first kappa shape index (κ1) is 10.9. The summed E-state index contributed by atoms with van der Waals surface area (Å²) in [6.45, 7) is 3.82. The number of phenolic OH excluding ortho intramolecular Hbond substituents is 1. The van der Waals surface area contributed by atoms with Crippen LogP contribution in [0.4, 0.5) is 0 Å². The first-order chi connectivity index (χ1) is 6.61. The summed E-state index contributed by atoms with van der Waals surface area (Å²) in [5.74, 6) is 0.651. The number of aliphatic hydroxyl groups excluding tert-OH is 1. The summed E-state index contributed by atoms with van der Waals surface area (Å²) in [6.07, 6.45) is 0.498. The summed E-state index contributed by atoms with van der Waals surface area (Å²) in [6, 6.07) is 1.93. The topological polar surface area (TPSA) is 49.7 Å². The van der Waals surface area contributed by atoms with Crippen LogP contribution in [-0.2, 0) is 6.42 Å². The van der Waals surface area contributed by atoms with Crippen LogP contribution in [0, 0.1) is 13.8 Å². The Morgan fingerprint density at radius 1 is 1.36 bits per heavy atom. The zero-order chi connectivity index (χ0) is 10.7. The molecule has 0 saturated heterocycles. The molecule has 0 aromatic heterocycles. The third-order valence-corrected chi connectivity index (χ3v) is 2.43. The summed E-state index contributed by atoms with van der Waals surface area (Å²) >= 11 is 0. The molecule has 0 unspecified atom stereocenters. The van der Waals surface area contributed by atoms with E-state index in [0.29, 0.717) is 12.2 Å². The molecule has 1 aromatic rings. The minimum Gasteiger partial charge on any atom is -0.504 e. The Morgan fingerprint density at radius 2 is 2.00 bits per heavy atom. The summed E-state index contributed by atoms with van der Waals surface area (Å²) < 4.78 is 5.10. The zero-order valence-corrected chi connectivity index (χ0v) is 8.79. The van der Waals surface area contributed by atoms with Crippen LogP contribution in [0.2, 0.25) is 0 Å². The molecule has 0 bridgehead atoms. The van der Waals surface area contributed by atoms with Crippen molar-refractivity contribution in [3.05, 3.63) is 22.8 Å². The Hall–Kier alpha value is -1.22. The van der Waals surface area contributed by atoms with Crippen LogP contribution >= 0.6 is 0 Å². The number of aliphatic hydroxyl groups is 1. The second-order valence-corrected chi connectivity index (χ2v) is 3.33. The highest BCUT2D eigenvalue weighted by atomic mass is 16.5. The molecule has 0 aliphatic rings. The maximum atomic E-state index is 9.78. The number of aromatic hydroxyl groups is 1. The van der Waals surface area contributed by atoms with E-state index in [-0.39, 0.29) is 12.4 Å². The van der Waals surface area contributed by atoms with Gasteiger partial charge >= 0.3 is 0 Å². The number of ether oxygens (including phenoxy) is 1. The molecule has 0 spiro atoms. The van der Waals surface area contributed by atoms with Crippen LogP contribution in [0.3, 0.4) is 0 Å². The second-order valence-electron chi connectivity index (χ2n) is 3.33. The van der Waals surface area contributed by atoms with Gasteiger partial charge in [0.15, 0.2) is 11.5 Å². The van der Waals surface area contributed by atoms with Gasteiger partial charge in [0.05, 0.1) is 7.11 Å². The summed E-state index contributed by atoms with van der Waals surface area (Å²) in [5.41, 5.74) is 2.67. The molecule has 14 heavy (non-hydrogen) atoms. The first-order valence-corrected chi connectivity index (χ1v) is 4.58. The van der Waals surface area contributed by atoms with Crippen molar-refractivity contribution in [2.24, 2.45) is 0 Å². The van der Waals surface area contributed by atoms with Gasteiger partial charge in [-0.3, -0.25) is 0 Å². The lowest BCUT2D eigenvalue weighted by Gasteiger charge is -2.13. The Labute approximate surface area is 84.0 Å². The van der Waals surface area contributed by atoms with Crippen molar-refractivity contribution >= 4 is 0 Å². The Balaban J connectivity index is 3.28. The van der Waals surface area contributed by atoms with Crippen LogP contribution in [-0.4, -0.2) is 23.9 Å².